The van der Waals surface area contributed by atoms with Crippen LogP contribution in [0.5, 0.6) is 0 Å². The summed E-state index contributed by atoms with van der Waals surface area (Å²) in [4.78, 5) is 13.4. The molecule has 0 saturated heterocycles. The molecule has 5 heteroatoms. The highest BCUT2D eigenvalue weighted by atomic mass is 19.2. The van der Waals surface area contributed by atoms with E-state index in [4.69, 9.17) is 12.2 Å². The smallest absolute Gasteiger partial charge is 0.256 e. The zero-order chi connectivity index (χ0) is 13.7. The van der Waals surface area contributed by atoms with E-state index in [-0.39, 0.29) is 17.8 Å². The van der Waals surface area contributed by atoms with Gasteiger partial charge >= 0.3 is 0 Å². The minimum Gasteiger partial charge on any atom is -0.398 e. The van der Waals surface area contributed by atoms with Gasteiger partial charge in [-0.05, 0) is 12.5 Å². The Morgan fingerprint density at radius 1 is 1.44 bits per heavy atom. The molecule has 1 amide bonds. The first-order chi connectivity index (χ1) is 8.51. The van der Waals surface area contributed by atoms with Crippen LogP contribution in [0.15, 0.2) is 12.1 Å². The van der Waals surface area contributed by atoms with E-state index < -0.39 is 17.5 Å². The summed E-state index contributed by atoms with van der Waals surface area (Å²) in [6, 6.07) is 1.59. The van der Waals surface area contributed by atoms with Gasteiger partial charge in [0.1, 0.15) is 0 Å². The molecule has 0 atom stereocenters. The highest BCUT2D eigenvalue weighted by Gasteiger charge is 2.19. The Labute approximate surface area is 105 Å². The number of hydrogen-bond donors (Lipinski definition) is 1. The molecule has 18 heavy (non-hydrogen) atoms. The largest absolute Gasteiger partial charge is 0.398 e. The lowest BCUT2D eigenvalue weighted by Gasteiger charge is -2.20. The summed E-state index contributed by atoms with van der Waals surface area (Å²) < 4.78 is 26.0. The fourth-order valence-corrected chi connectivity index (χ4v) is 1.55. The normalized spacial score (nSPS) is 9.89. The molecule has 1 aromatic rings. The maximum atomic E-state index is 13.1. The predicted octanol–water partition coefficient (Wildman–Crippen LogP) is 2.03. The van der Waals surface area contributed by atoms with Crippen LogP contribution in [0.3, 0.4) is 0 Å². The first-order valence-electron chi connectivity index (χ1n) is 5.48. The Balaban J connectivity index is 3.09. The van der Waals surface area contributed by atoms with Gasteiger partial charge in [0, 0.05) is 18.3 Å². The van der Waals surface area contributed by atoms with E-state index in [1.54, 1.807) is 0 Å². The maximum Gasteiger partial charge on any atom is 0.256 e. The second-order valence-corrected chi connectivity index (χ2v) is 3.78. The first kappa shape index (κ1) is 14.0. The van der Waals surface area contributed by atoms with Crippen molar-refractivity contribution in [2.75, 3.05) is 18.8 Å². The monoisotopic (exact) mass is 252 g/mol. The second-order valence-electron chi connectivity index (χ2n) is 3.78. The predicted molar refractivity (Wildman–Crippen MR) is 65.8 cm³/mol. The Kier molecular flexibility index (Phi) is 4.67. The standard InChI is InChI=1S/C13H14F2N2O/c1-3-5-17(6-4-2)13(18)9-7-10(14)11(15)8-12(9)16/h1,7-8H,4-6,16H2,2H3. The van der Waals surface area contributed by atoms with E-state index in [1.165, 1.54) is 4.90 Å². The van der Waals surface area contributed by atoms with Gasteiger partial charge in [0.15, 0.2) is 11.6 Å². The average Bonchev–Trinajstić information content (AvgIpc) is 2.33. The summed E-state index contributed by atoms with van der Waals surface area (Å²) in [5, 5.41) is 0. The van der Waals surface area contributed by atoms with Gasteiger partial charge in [-0.25, -0.2) is 8.78 Å². The number of nitrogen functional groups attached to an aromatic ring is 1. The van der Waals surface area contributed by atoms with Gasteiger partial charge in [-0.15, -0.1) is 6.42 Å². The zero-order valence-electron chi connectivity index (χ0n) is 10.0. The van der Waals surface area contributed by atoms with Crippen LogP contribution < -0.4 is 5.73 Å². The van der Waals surface area contributed by atoms with Gasteiger partial charge < -0.3 is 10.6 Å². The van der Waals surface area contributed by atoms with Gasteiger partial charge in [0.2, 0.25) is 0 Å². The average molecular weight is 252 g/mol. The van der Waals surface area contributed by atoms with Crippen LogP contribution in [0.1, 0.15) is 23.7 Å². The van der Waals surface area contributed by atoms with Crippen molar-refractivity contribution in [1.29, 1.82) is 0 Å². The Morgan fingerprint density at radius 2 is 2.06 bits per heavy atom. The SMILES string of the molecule is C#CCN(CCC)C(=O)c1cc(F)c(F)cc1N. The van der Waals surface area contributed by atoms with Crippen LogP contribution in [0.2, 0.25) is 0 Å². The van der Waals surface area contributed by atoms with E-state index in [1.807, 2.05) is 6.92 Å². The molecule has 0 aliphatic carbocycles. The molecule has 2 N–H and O–H groups in total. The minimum absolute atomic E-state index is 0.0717. The summed E-state index contributed by atoms with van der Waals surface area (Å²) in [6.45, 7) is 2.41. The van der Waals surface area contributed by atoms with Crippen LogP contribution in [0.25, 0.3) is 0 Å². The highest BCUT2D eigenvalue weighted by molar-refractivity contribution is 5.99. The minimum atomic E-state index is -1.11. The van der Waals surface area contributed by atoms with Gasteiger partial charge in [-0.3, -0.25) is 4.79 Å². The number of carbonyl (C=O) groups is 1. The molecule has 1 aromatic carbocycles. The number of terminal acetylenes is 1. The number of carbonyl (C=O) groups excluding carboxylic acids is 1. The summed E-state index contributed by atoms with van der Waals surface area (Å²) in [5.74, 6) is -0.336. The molecule has 0 aliphatic heterocycles. The Bertz CT molecular complexity index is 494. The van der Waals surface area contributed by atoms with Crippen molar-refractivity contribution in [2.24, 2.45) is 0 Å². The van der Waals surface area contributed by atoms with Crippen molar-refractivity contribution in [3.63, 3.8) is 0 Å². The lowest BCUT2D eigenvalue weighted by atomic mass is 10.1. The number of nitrogens with two attached hydrogens (primary N) is 1. The molecule has 0 heterocycles. The van der Waals surface area contributed by atoms with Gasteiger partial charge in [-0.2, -0.15) is 0 Å². The van der Waals surface area contributed by atoms with Crippen LogP contribution >= 0.6 is 0 Å². The highest BCUT2D eigenvalue weighted by Crippen LogP contribution is 2.19. The molecule has 0 fully saturated rings. The van der Waals surface area contributed by atoms with Crippen molar-refractivity contribution in [1.82, 2.24) is 4.90 Å². The summed E-state index contributed by atoms with van der Waals surface area (Å²) >= 11 is 0. The summed E-state index contributed by atoms with van der Waals surface area (Å²) in [6.07, 6.45) is 5.86. The van der Waals surface area contributed by atoms with E-state index in [9.17, 15) is 13.6 Å². The lowest BCUT2D eigenvalue weighted by Crippen LogP contribution is -2.32. The molecular formula is C13H14F2N2O. The molecule has 0 bridgehead atoms. The van der Waals surface area contributed by atoms with Crippen LogP contribution in [-0.2, 0) is 0 Å². The number of benzene rings is 1. The van der Waals surface area contributed by atoms with E-state index >= 15 is 0 Å². The molecule has 96 valence electrons. The third-order valence-electron chi connectivity index (χ3n) is 2.39. The Morgan fingerprint density at radius 3 is 2.61 bits per heavy atom. The van der Waals surface area contributed by atoms with E-state index in [2.05, 4.69) is 5.92 Å². The molecule has 1 rings (SSSR count). The molecule has 0 radical (unpaired) electrons. The molecule has 3 nitrogen and oxygen atoms in total. The topological polar surface area (TPSA) is 46.3 Å². The zero-order valence-corrected chi connectivity index (χ0v) is 10.0. The van der Waals surface area contributed by atoms with Crippen molar-refractivity contribution >= 4 is 11.6 Å². The molecular weight excluding hydrogens is 238 g/mol. The molecule has 0 spiro atoms. The molecule has 0 unspecified atom stereocenters. The quantitative estimate of drug-likeness (QED) is 0.658. The molecule has 0 aliphatic rings. The number of amides is 1. The fourth-order valence-electron chi connectivity index (χ4n) is 1.55. The first-order valence-corrected chi connectivity index (χ1v) is 5.48. The molecule has 0 aromatic heterocycles. The molecule has 0 saturated carbocycles. The van der Waals surface area contributed by atoms with Crippen LogP contribution in [0.4, 0.5) is 14.5 Å². The number of anilines is 1. The van der Waals surface area contributed by atoms with Crippen molar-refractivity contribution in [3.05, 3.63) is 29.3 Å². The summed E-state index contributed by atoms with van der Waals surface area (Å²) in [7, 11) is 0. The maximum absolute atomic E-state index is 13.1. The van der Waals surface area contributed by atoms with E-state index in [0.29, 0.717) is 13.0 Å². The fraction of sp³-hybridized carbons (Fsp3) is 0.308. The second kappa shape index (κ2) is 6.01. The lowest BCUT2D eigenvalue weighted by molar-refractivity contribution is 0.0777. The van der Waals surface area contributed by atoms with Crippen molar-refractivity contribution < 1.29 is 13.6 Å². The number of hydrogen-bond acceptors (Lipinski definition) is 2. The van der Waals surface area contributed by atoms with Gasteiger partial charge in [0.05, 0.1) is 12.1 Å². The van der Waals surface area contributed by atoms with Gasteiger partial charge in [0.25, 0.3) is 5.91 Å². The Hall–Kier alpha value is -2.09. The van der Waals surface area contributed by atoms with Crippen LogP contribution in [-0.4, -0.2) is 23.9 Å². The third kappa shape index (κ3) is 2.98. The number of nitrogens with zero attached hydrogens (tertiary/aromatic N) is 1. The van der Waals surface area contributed by atoms with Crippen LogP contribution in [0, 0.1) is 24.0 Å². The number of halogens is 2. The summed E-state index contributed by atoms with van der Waals surface area (Å²) in [5.41, 5.74) is 5.34. The van der Waals surface area contributed by atoms with E-state index in [0.717, 1.165) is 12.1 Å². The number of rotatable bonds is 4. The third-order valence-corrected chi connectivity index (χ3v) is 2.39. The van der Waals surface area contributed by atoms with Gasteiger partial charge in [-0.1, -0.05) is 12.8 Å². The van der Waals surface area contributed by atoms with Crippen molar-refractivity contribution in [3.8, 4) is 12.3 Å². The van der Waals surface area contributed by atoms with Crippen molar-refractivity contribution in [2.45, 2.75) is 13.3 Å².